The molecule has 0 aliphatic carbocycles. The number of hydrogen-bond donors (Lipinski definition) is 2. The van der Waals surface area contributed by atoms with Crippen molar-refractivity contribution in [3.05, 3.63) is 78.1 Å². The van der Waals surface area contributed by atoms with Gasteiger partial charge in [0.15, 0.2) is 5.78 Å². The van der Waals surface area contributed by atoms with Crippen LogP contribution in [0.5, 0.6) is 0 Å². The number of fused-ring (bicyclic) bond motifs is 1. The van der Waals surface area contributed by atoms with Gasteiger partial charge in [-0.2, -0.15) is 0 Å². The summed E-state index contributed by atoms with van der Waals surface area (Å²) >= 11 is 0. The minimum absolute atomic E-state index is 0.0640. The number of nitrogens with zero attached hydrogens (tertiary/aromatic N) is 2. The highest BCUT2D eigenvalue weighted by molar-refractivity contribution is 6.09. The number of hydrogen-bond acceptors (Lipinski definition) is 5. The summed E-state index contributed by atoms with van der Waals surface area (Å²) in [5, 5.41) is 7.76. The summed E-state index contributed by atoms with van der Waals surface area (Å²) in [6.07, 6.45) is 6.29. The van der Waals surface area contributed by atoms with Crippen LogP contribution >= 0.6 is 0 Å². The first-order valence-corrected chi connectivity index (χ1v) is 11.6. The largest absolute Gasteiger partial charge is 0.370 e. The smallest absolute Gasteiger partial charge is 0.166 e. The van der Waals surface area contributed by atoms with Crippen LogP contribution in [0.1, 0.15) is 49.0 Å². The van der Waals surface area contributed by atoms with Gasteiger partial charge in [-0.25, -0.2) is 4.98 Å². The van der Waals surface area contributed by atoms with Crippen LogP contribution in [-0.4, -0.2) is 22.3 Å². The van der Waals surface area contributed by atoms with Gasteiger partial charge in [-0.05, 0) is 60.9 Å². The molecule has 2 N–H and O–H groups in total. The normalized spacial score (nSPS) is 10.9. The molecule has 2 aromatic heterocycles. The molecule has 168 valence electrons. The lowest BCUT2D eigenvalue weighted by atomic mass is 9.96. The maximum Gasteiger partial charge on any atom is 0.166 e. The van der Waals surface area contributed by atoms with Crippen LogP contribution in [0, 0.1) is 6.92 Å². The van der Waals surface area contributed by atoms with Crippen molar-refractivity contribution in [1.82, 2.24) is 9.97 Å². The van der Waals surface area contributed by atoms with Crippen LogP contribution in [0.25, 0.3) is 22.0 Å². The highest BCUT2D eigenvalue weighted by Crippen LogP contribution is 2.35. The fourth-order valence-corrected chi connectivity index (χ4v) is 3.91. The number of Topliss-reactive ketones (excluding diaryl/α,β-unsaturated/α-hetero) is 1. The molecule has 33 heavy (non-hydrogen) atoms. The Bertz CT molecular complexity index is 1250. The molecule has 2 aromatic carbocycles. The molecule has 4 aromatic rings. The highest BCUT2D eigenvalue weighted by Gasteiger charge is 2.17. The van der Waals surface area contributed by atoms with E-state index in [0.29, 0.717) is 12.0 Å². The minimum atomic E-state index is 0.0640. The Morgan fingerprint density at radius 2 is 1.79 bits per heavy atom. The van der Waals surface area contributed by atoms with Crippen molar-refractivity contribution in [3.8, 4) is 11.1 Å². The maximum atomic E-state index is 12.7. The average Bonchev–Trinajstić information content (AvgIpc) is 2.85. The molecule has 0 fully saturated rings. The van der Waals surface area contributed by atoms with E-state index in [2.05, 4.69) is 52.6 Å². The Balaban J connectivity index is 1.80. The lowest BCUT2D eigenvalue weighted by molar-refractivity contribution is 0.0989. The molecule has 0 unspecified atom stereocenters. The van der Waals surface area contributed by atoms with Crippen molar-refractivity contribution in [2.75, 3.05) is 17.2 Å². The average molecular weight is 439 g/mol. The van der Waals surface area contributed by atoms with E-state index in [9.17, 15) is 4.79 Å². The zero-order valence-corrected chi connectivity index (χ0v) is 19.5. The number of ketones is 1. The molecule has 0 aliphatic heterocycles. The number of aromatic nitrogens is 2. The second kappa shape index (κ2) is 10.3. The zero-order valence-electron chi connectivity index (χ0n) is 19.5. The summed E-state index contributed by atoms with van der Waals surface area (Å²) in [7, 11) is 0. The molecule has 0 saturated carbocycles. The summed E-state index contributed by atoms with van der Waals surface area (Å²) in [5.74, 6) is 0.948. The van der Waals surface area contributed by atoms with Crippen molar-refractivity contribution in [2.24, 2.45) is 0 Å². The van der Waals surface area contributed by atoms with Gasteiger partial charge in [-0.15, -0.1) is 0 Å². The maximum absolute atomic E-state index is 12.7. The number of anilines is 3. The molecule has 0 atom stereocenters. The molecule has 0 aliphatic rings. The monoisotopic (exact) mass is 438 g/mol. The van der Waals surface area contributed by atoms with Crippen LogP contribution < -0.4 is 10.6 Å². The van der Waals surface area contributed by atoms with Gasteiger partial charge < -0.3 is 10.6 Å². The molecule has 0 bridgehead atoms. The third-order valence-corrected chi connectivity index (χ3v) is 5.79. The van der Waals surface area contributed by atoms with E-state index in [-0.39, 0.29) is 5.78 Å². The van der Waals surface area contributed by atoms with Crippen molar-refractivity contribution >= 4 is 33.9 Å². The fraction of sp³-hybridized carbons (Fsp3) is 0.250. The Morgan fingerprint density at radius 1 is 0.970 bits per heavy atom. The summed E-state index contributed by atoms with van der Waals surface area (Å²) < 4.78 is 0. The lowest BCUT2D eigenvalue weighted by Gasteiger charge is -2.16. The molecule has 4 rings (SSSR count). The van der Waals surface area contributed by atoms with E-state index in [0.717, 1.165) is 64.2 Å². The number of para-hydroxylation sites is 1. The van der Waals surface area contributed by atoms with Gasteiger partial charge in [0.2, 0.25) is 0 Å². The quantitative estimate of drug-likeness (QED) is 0.214. The van der Waals surface area contributed by atoms with E-state index in [1.807, 2.05) is 49.5 Å². The second-order valence-electron chi connectivity index (χ2n) is 8.21. The van der Waals surface area contributed by atoms with Crippen LogP contribution in [0.4, 0.5) is 17.2 Å². The molecule has 0 spiro atoms. The summed E-state index contributed by atoms with van der Waals surface area (Å²) in [6.45, 7) is 7.06. The van der Waals surface area contributed by atoms with Gasteiger partial charge in [-0.1, -0.05) is 38.5 Å². The van der Waals surface area contributed by atoms with Crippen LogP contribution in [0.2, 0.25) is 0 Å². The minimum Gasteiger partial charge on any atom is -0.370 e. The van der Waals surface area contributed by atoms with Crippen molar-refractivity contribution in [1.29, 1.82) is 0 Å². The Morgan fingerprint density at radius 3 is 2.48 bits per heavy atom. The SMILES string of the molecule is CCCCNc1ccc(-c2cc3c(Nc4ccccc4)c(C(=O)CC)cnc3cc2C)cn1. The van der Waals surface area contributed by atoms with Gasteiger partial charge in [-0.3, -0.25) is 9.78 Å². The number of benzene rings is 2. The predicted octanol–water partition coefficient (Wildman–Crippen LogP) is 7.15. The third kappa shape index (κ3) is 5.03. The fourth-order valence-electron chi connectivity index (χ4n) is 3.91. The molecule has 0 saturated heterocycles. The van der Waals surface area contributed by atoms with E-state index in [1.165, 1.54) is 0 Å². The first-order valence-electron chi connectivity index (χ1n) is 11.6. The Labute approximate surface area is 195 Å². The van der Waals surface area contributed by atoms with E-state index >= 15 is 0 Å². The number of carbonyl (C=O) groups is 1. The third-order valence-electron chi connectivity index (χ3n) is 5.79. The summed E-state index contributed by atoms with van der Waals surface area (Å²) in [5.41, 5.74) is 6.42. The standard InChI is InChI=1S/C28H30N4O/c1-4-6-14-29-27-13-12-20(17-31-27)22-16-23-25(15-19(22)3)30-18-24(26(33)5-2)28(23)32-21-10-8-7-9-11-21/h7-13,15-18H,4-6,14H2,1-3H3,(H,29,31)(H,30,32). The zero-order chi connectivity index (χ0) is 23.2. The van der Waals surface area contributed by atoms with Crippen LogP contribution in [-0.2, 0) is 0 Å². The van der Waals surface area contributed by atoms with Gasteiger partial charge in [0, 0.05) is 42.0 Å². The number of carbonyl (C=O) groups excluding carboxylic acids is 1. The predicted molar refractivity (Wildman–Crippen MR) is 137 cm³/mol. The Hall–Kier alpha value is -3.73. The number of nitrogens with one attached hydrogen (secondary N) is 2. The Kier molecular flexibility index (Phi) is 6.98. The van der Waals surface area contributed by atoms with Gasteiger partial charge >= 0.3 is 0 Å². The van der Waals surface area contributed by atoms with E-state index in [1.54, 1.807) is 6.20 Å². The molecular weight excluding hydrogens is 408 g/mol. The van der Waals surface area contributed by atoms with Gasteiger partial charge in [0.05, 0.1) is 16.8 Å². The van der Waals surface area contributed by atoms with Crippen molar-refractivity contribution in [2.45, 2.75) is 40.0 Å². The number of unbranched alkanes of at least 4 members (excludes halogenated alkanes) is 1. The first-order chi connectivity index (χ1) is 16.1. The van der Waals surface area contributed by atoms with Gasteiger partial charge in [0.25, 0.3) is 0 Å². The van der Waals surface area contributed by atoms with Gasteiger partial charge in [0.1, 0.15) is 5.82 Å². The number of pyridine rings is 2. The number of rotatable bonds is 9. The lowest BCUT2D eigenvalue weighted by Crippen LogP contribution is -2.05. The summed E-state index contributed by atoms with van der Waals surface area (Å²) in [6, 6.07) is 18.2. The molecular formula is C28H30N4O. The summed E-state index contributed by atoms with van der Waals surface area (Å²) in [4.78, 5) is 22.0. The molecule has 0 amide bonds. The van der Waals surface area contributed by atoms with E-state index in [4.69, 9.17) is 0 Å². The topological polar surface area (TPSA) is 66.9 Å². The molecule has 2 heterocycles. The van der Waals surface area contributed by atoms with Crippen molar-refractivity contribution in [3.63, 3.8) is 0 Å². The highest BCUT2D eigenvalue weighted by atomic mass is 16.1. The van der Waals surface area contributed by atoms with Crippen LogP contribution in [0.3, 0.4) is 0 Å². The number of aryl methyl sites for hydroxylation is 1. The molecule has 0 radical (unpaired) electrons. The first kappa shape index (κ1) is 22.5. The second-order valence-corrected chi connectivity index (χ2v) is 8.21. The van der Waals surface area contributed by atoms with Crippen LogP contribution in [0.15, 0.2) is 67.0 Å². The molecule has 5 nitrogen and oxygen atoms in total. The molecule has 5 heteroatoms. The van der Waals surface area contributed by atoms with E-state index < -0.39 is 0 Å². The van der Waals surface area contributed by atoms with Crippen molar-refractivity contribution < 1.29 is 4.79 Å².